The molecule has 0 heterocycles. The highest BCUT2D eigenvalue weighted by Gasteiger charge is 2.11. The van der Waals surface area contributed by atoms with Crippen molar-refractivity contribution in [1.82, 2.24) is 5.32 Å². The molecular formula is C12H11BrN2O3. The molecule has 0 aliphatic rings. The van der Waals surface area contributed by atoms with Gasteiger partial charge in [0.1, 0.15) is 12.6 Å². The van der Waals surface area contributed by atoms with E-state index in [0.717, 1.165) is 4.47 Å². The van der Waals surface area contributed by atoms with E-state index in [0.29, 0.717) is 5.56 Å². The van der Waals surface area contributed by atoms with Crippen molar-refractivity contribution in [3.63, 3.8) is 0 Å². The topological polar surface area (TPSA) is 79.2 Å². The summed E-state index contributed by atoms with van der Waals surface area (Å²) < 4.78 is 5.54. The monoisotopic (exact) mass is 310 g/mol. The van der Waals surface area contributed by atoms with Crippen molar-refractivity contribution in [3.8, 4) is 6.07 Å². The zero-order valence-electron chi connectivity index (χ0n) is 9.64. The summed E-state index contributed by atoms with van der Waals surface area (Å²) in [6.07, 6.45) is -0.818. The average molecular weight is 311 g/mol. The van der Waals surface area contributed by atoms with Crippen LogP contribution in [-0.4, -0.2) is 24.5 Å². The molecule has 5 nitrogen and oxygen atoms in total. The molecule has 0 aliphatic carbocycles. The molecule has 1 aromatic carbocycles. The molecule has 0 radical (unpaired) electrons. The third-order valence-electron chi connectivity index (χ3n) is 1.99. The second-order valence-corrected chi connectivity index (χ2v) is 4.37. The first kappa shape index (κ1) is 14.2. The SMILES string of the molecule is C[C@H](C#N)OC(=O)CNC(=O)c1ccc(Br)cc1. The van der Waals surface area contributed by atoms with Gasteiger partial charge in [0.15, 0.2) is 6.10 Å². The van der Waals surface area contributed by atoms with E-state index in [1.165, 1.54) is 6.92 Å². The van der Waals surface area contributed by atoms with E-state index < -0.39 is 12.1 Å². The maximum atomic E-state index is 11.6. The molecule has 94 valence electrons. The van der Waals surface area contributed by atoms with Crippen LogP contribution in [0.3, 0.4) is 0 Å². The number of hydrogen-bond acceptors (Lipinski definition) is 4. The molecule has 6 heteroatoms. The van der Waals surface area contributed by atoms with Crippen LogP contribution in [0.4, 0.5) is 0 Å². The van der Waals surface area contributed by atoms with Crippen LogP contribution in [0.1, 0.15) is 17.3 Å². The lowest BCUT2D eigenvalue weighted by atomic mass is 10.2. The molecule has 1 N–H and O–H groups in total. The number of carbonyl (C=O) groups excluding carboxylic acids is 2. The smallest absolute Gasteiger partial charge is 0.326 e. The van der Waals surface area contributed by atoms with Crippen LogP contribution in [0, 0.1) is 11.3 Å². The first-order valence-corrected chi connectivity index (χ1v) is 5.95. The van der Waals surface area contributed by atoms with Crippen molar-refractivity contribution in [2.75, 3.05) is 6.54 Å². The fraction of sp³-hybridized carbons (Fsp3) is 0.250. The highest BCUT2D eigenvalue weighted by molar-refractivity contribution is 9.10. The molecule has 1 atom stereocenters. The predicted molar refractivity (Wildman–Crippen MR) is 67.6 cm³/mol. The number of nitriles is 1. The van der Waals surface area contributed by atoms with Crippen LogP contribution in [-0.2, 0) is 9.53 Å². The molecule has 0 spiro atoms. The largest absolute Gasteiger partial charge is 0.446 e. The van der Waals surface area contributed by atoms with Crippen molar-refractivity contribution in [2.45, 2.75) is 13.0 Å². The fourth-order valence-electron chi connectivity index (χ4n) is 1.12. The summed E-state index contributed by atoms with van der Waals surface area (Å²) in [5.41, 5.74) is 0.444. The predicted octanol–water partition coefficient (Wildman–Crippen LogP) is 1.63. The number of amides is 1. The summed E-state index contributed by atoms with van der Waals surface area (Å²) in [5.74, 6) is -1.02. The van der Waals surface area contributed by atoms with Crippen molar-refractivity contribution in [1.29, 1.82) is 5.26 Å². The van der Waals surface area contributed by atoms with Crippen molar-refractivity contribution >= 4 is 27.8 Å². The molecule has 0 saturated carbocycles. The minimum Gasteiger partial charge on any atom is -0.446 e. The third kappa shape index (κ3) is 4.55. The number of esters is 1. The lowest BCUT2D eigenvalue weighted by Crippen LogP contribution is -2.31. The number of hydrogen-bond donors (Lipinski definition) is 1. The van der Waals surface area contributed by atoms with Gasteiger partial charge in [0.05, 0.1) is 0 Å². The second-order valence-electron chi connectivity index (χ2n) is 3.45. The Labute approximate surface area is 113 Å². The highest BCUT2D eigenvalue weighted by atomic mass is 79.9. The Morgan fingerprint density at radius 2 is 2.06 bits per heavy atom. The number of nitrogens with one attached hydrogen (secondary N) is 1. The number of benzene rings is 1. The molecule has 0 aliphatic heterocycles. The van der Waals surface area contributed by atoms with Gasteiger partial charge in [0.25, 0.3) is 5.91 Å². The summed E-state index contributed by atoms with van der Waals surface area (Å²) in [6, 6.07) is 8.47. The lowest BCUT2D eigenvalue weighted by Gasteiger charge is -2.07. The van der Waals surface area contributed by atoms with E-state index in [1.54, 1.807) is 30.3 Å². The van der Waals surface area contributed by atoms with E-state index in [2.05, 4.69) is 26.0 Å². The number of rotatable bonds is 4. The van der Waals surface area contributed by atoms with Crippen LogP contribution in [0.15, 0.2) is 28.7 Å². The van der Waals surface area contributed by atoms with E-state index >= 15 is 0 Å². The summed E-state index contributed by atoms with van der Waals surface area (Å²) >= 11 is 3.26. The average Bonchev–Trinajstić information content (AvgIpc) is 2.36. The molecule has 1 amide bonds. The Hall–Kier alpha value is -1.87. The Kier molecular flexibility index (Phi) is 5.33. The van der Waals surface area contributed by atoms with Crippen LogP contribution in [0.5, 0.6) is 0 Å². The van der Waals surface area contributed by atoms with Gasteiger partial charge in [0.2, 0.25) is 0 Å². The van der Waals surface area contributed by atoms with Crippen LogP contribution >= 0.6 is 15.9 Å². The van der Waals surface area contributed by atoms with Gasteiger partial charge in [-0.25, -0.2) is 0 Å². The third-order valence-corrected chi connectivity index (χ3v) is 2.52. The lowest BCUT2D eigenvalue weighted by molar-refractivity contribution is -0.144. The van der Waals surface area contributed by atoms with E-state index in [1.807, 2.05) is 0 Å². The zero-order valence-corrected chi connectivity index (χ0v) is 11.2. The Balaban J connectivity index is 2.44. The Bertz CT molecular complexity index is 479. The van der Waals surface area contributed by atoms with Crippen molar-refractivity contribution in [3.05, 3.63) is 34.3 Å². The number of halogens is 1. The first-order valence-electron chi connectivity index (χ1n) is 5.16. The summed E-state index contributed by atoms with van der Waals surface area (Å²) in [7, 11) is 0. The van der Waals surface area contributed by atoms with Crippen LogP contribution in [0.2, 0.25) is 0 Å². The minimum atomic E-state index is -0.818. The number of ether oxygens (including phenoxy) is 1. The van der Waals surface area contributed by atoms with Gasteiger partial charge >= 0.3 is 5.97 Å². The van der Waals surface area contributed by atoms with Crippen molar-refractivity contribution in [2.24, 2.45) is 0 Å². The maximum Gasteiger partial charge on any atom is 0.326 e. The molecule has 0 bridgehead atoms. The molecule has 1 aromatic rings. The molecule has 0 aromatic heterocycles. The summed E-state index contributed by atoms with van der Waals surface area (Å²) in [5, 5.41) is 10.9. The van der Waals surface area contributed by atoms with Crippen LogP contribution in [0.25, 0.3) is 0 Å². The maximum absolute atomic E-state index is 11.6. The van der Waals surface area contributed by atoms with Gasteiger partial charge < -0.3 is 10.1 Å². The molecular weight excluding hydrogens is 300 g/mol. The normalized spacial score (nSPS) is 11.2. The van der Waals surface area contributed by atoms with Gasteiger partial charge in [-0.2, -0.15) is 5.26 Å². The van der Waals surface area contributed by atoms with E-state index in [4.69, 9.17) is 5.26 Å². The van der Waals surface area contributed by atoms with Gasteiger partial charge in [0, 0.05) is 10.0 Å². The zero-order chi connectivity index (χ0) is 13.5. The second kappa shape index (κ2) is 6.77. The van der Waals surface area contributed by atoms with Crippen LogP contribution < -0.4 is 5.32 Å². The standard InChI is InChI=1S/C12H11BrN2O3/c1-8(6-14)18-11(16)7-15-12(17)9-2-4-10(13)5-3-9/h2-5,8H,7H2,1H3,(H,15,17)/t8-/m1/s1. The minimum absolute atomic E-state index is 0.263. The molecule has 0 saturated heterocycles. The highest BCUT2D eigenvalue weighted by Crippen LogP contribution is 2.10. The van der Waals surface area contributed by atoms with E-state index in [9.17, 15) is 9.59 Å². The molecule has 0 unspecified atom stereocenters. The Morgan fingerprint density at radius 3 is 2.61 bits per heavy atom. The van der Waals surface area contributed by atoms with E-state index in [-0.39, 0.29) is 12.5 Å². The summed E-state index contributed by atoms with van der Waals surface area (Å²) in [4.78, 5) is 22.8. The Morgan fingerprint density at radius 1 is 1.44 bits per heavy atom. The first-order chi connectivity index (χ1) is 8.52. The van der Waals surface area contributed by atoms with Gasteiger partial charge in [-0.1, -0.05) is 15.9 Å². The molecule has 0 fully saturated rings. The summed E-state index contributed by atoms with van der Waals surface area (Å²) in [6.45, 7) is 1.19. The molecule has 1 rings (SSSR count). The fourth-order valence-corrected chi connectivity index (χ4v) is 1.39. The molecule has 18 heavy (non-hydrogen) atoms. The van der Waals surface area contributed by atoms with Gasteiger partial charge in [-0.15, -0.1) is 0 Å². The number of carbonyl (C=O) groups is 2. The number of nitrogens with zero attached hydrogens (tertiary/aromatic N) is 1. The van der Waals surface area contributed by atoms with Gasteiger partial charge in [-0.05, 0) is 31.2 Å². The van der Waals surface area contributed by atoms with Gasteiger partial charge in [-0.3, -0.25) is 9.59 Å². The quantitative estimate of drug-likeness (QED) is 0.857. The van der Waals surface area contributed by atoms with Crippen molar-refractivity contribution < 1.29 is 14.3 Å².